The van der Waals surface area contributed by atoms with Crippen LogP contribution in [0.2, 0.25) is 0 Å². The smallest absolute Gasteiger partial charge is 0.391 e. The minimum Gasteiger partial charge on any atom is -0.391 e. The number of carbonyl (C=O) groups excluding carboxylic acids is 1. The average molecular weight is 477 g/mol. The molecule has 184 valence electrons. The van der Waals surface area contributed by atoms with Gasteiger partial charge in [-0.3, -0.25) is 9.69 Å². The van der Waals surface area contributed by atoms with Crippen LogP contribution in [0.15, 0.2) is 24.3 Å². The third-order valence-corrected chi connectivity index (χ3v) is 7.68. The number of hydrogen-bond donors (Lipinski definition) is 1. The van der Waals surface area contributed by atoms with Gasteiger partial charge in [0.05, 0.1) is 34.3 Å². The fourth-order valence-corrected chi connectivity index (χ4v) is 5.58. The lowest BCUT2D eigenvalue weighted by atomic mass is 10.0. The van der Waals surface area contributed by atoms with Gasteiger partial charge in [0.25, 0.3) is 5.91 Å². The molecule has 1 aromatic carbocycles. The Morgan fingerprint density at radius 1 is 1.09 bits per heavy atom. The van der Waals surface area contributed by atoms with E-state index >= 15 is 0 Å². The van der Waals surface area contributed by atoms with Crippen LogP contribution in [0.3, 0.4) is 0 Å². The molecule has 9 heteroatoms. The number of amides is 1. The Morgan fingerprint density at radius 3 is 2.38 bits per heavy atom. The van der Waals surface area contributed by atoms with E-state index in [9.17, 15) is 23.1 Å². The zero-order valence-electron chi connectivity index (χ0n) is 19.6. The van der Waals surface area contributed by atoms with Crippen molar-refractivity contribution in [2.24, 2.45) is 0 Å². The summed E-state index contributed by atoms with van der Waals surface area (Å²) < 4.78 is 41.4. The van der Waals surface area contributed by atoms with Gasteiger partial charge < -0.3 is 10.0 Å². The normalized spacial score (nSPS) is 24.7. The summed E-state index contributed by atoms with van der Waals surface area (Å²) in [6.45, 7) is 5.96. The number of aromatic nitrogens is 2. The summed E-state index contributed by atoms with van der Waals surface area (Å²) >= 11 is 0. The number of nitrogens with zero attached hydrogens (tertiary/aromatic N) is 4. The highest BCUT2D eigenvalue weighted by molar-refractivity contribution is 5.97. The zero-order chi connectivity index (χ0) is 24.2. The predicted octanol–water partition coefficient (Wildman–Crippen LogP) is 4.14. The SMILES string of the molecule is Cc1nn(-c2cccc(C(F)(F)F)c2)c(C2CC2)c1C(=O)N1CCC(N2CC[C@H](O)[C@H]2C)CC1. The fourth-order valence-electron chi connectivity index (χ4n) is 5.58. The number of rotatable bonds is 4. The van der Waals surface area contributed by atoms with Gasteiger partial charge in [0.15, 0.2) is 0 Å². The van der Waals surface area contributed by atoms with Crippen molar-refractivity contribution < 1.29 is 23.1 Å². The maximum absolute atomic E-state index is 13.6. The van der Waals surface area contributed by atoms with E-state index in [0.717, 1.165) is 56.5 Å². The summed E-state index contributed by atoms with van der Waals surface area (Å²) in [4.78, 5) is 17.8. The Morgan fingerprint density at radius 2 is 1.79 bits per heavy atom. The van der Waals surface area contributed by atoms with Gasteiger partial charge in [-0.2, -0.15) is 18.3 Å². The molecule has 3 fully saturated rings. The van der Waals surface area contributed by atoms with Crippen LogP contribution in [-0.4, -0.2) is 68.4 Å². The third kappa shape index (κ3) is 4.24. The highest BCUT2D eigenvalue weighted by atomic mass is 19.4. The highest BCUT2D eigenvalue weighted by Crippen LogP contribution is 2.44. The van der Waals surface area contributed by atoms with E-state index in [0.29, 0.717) is 36.1 Å². The van der Waals surface area contributed by atoms with Crippen LogP contribution < -0.4 is 0 Å². The molecule has 1 N–H and O–H groups in total. The predicted molar refractivity (Wildman–Crippen MR) is 121 cm³/mol. The summed E-state index contributed by atoms with van der Waals surface area (Å²) in [6.07, 6.45) is -0.429. The average Bonchev–Trinajstić information content (AvgIpc) is 3.52. The number of aliphatic hydroxyl groups is 1. The van der Waals surface area contributed by atoms with Crippen LogP contribution in [0.1, 0.15) is 72.3 Å². The number of hydrogen-bond acceptors (Lipinski definition) is 4. The minimum absolute atomic E-state index is 0.0782. The van der Waals surface area contributed by atoms with Crippen molar-refractivity contribution in [1.82, 2.24) is 19.6 Å². The molecule has 5 rings (SSSR count). The quantitative estimate of drug-likeness (QED) is 0.721. The molecular weight excluding hydrogens is 445 g/mol. The first-order valence-corrected chi connectivity index (χ1v) is 12.2. The molecule has 0 radical (unpaired) electrons. The first kappa shape index (κ1) is 23.4. The third-order valence-electron chi connectivity index (χ3n) is 7.68. The lowest BCUT2D eigenvalue weighted by molar-refractivity contribution is -0.137. The number of aliphatic hydroxyl groups excluding tert-OH is 1. The molecule has 6 nitrogen and oxygen atoms in total. The molecule has 2 saturated heterocycles. The van der Waals surface area contributed by atoms with Gasteiger partial charge in [0, 0.05) is 37.6 Å². The summed E-state index contributed by atoms with van der Waals surface area (Å²) in [7, 11) is 0. The molecule has 34 heavy (non-hydrogen) atoms. The number of likely N-dealkylation sites (tertiary alicyclic amines) is 2. The van der Waals surface area contributed by atoms with E-state index in [-0.39, 0.29) is 24.0 Å². The van der Waals surface area contributed by atoms with Gasteiger partial charge in [-0.1, -0.05) is 6.07 Å². The van der Waals surface area contributed by atoms with Crippen LogP contribution in [0.5, 0.6) is 0 Å². The maximum Gasteiger partial charge on any atom is 0.416 e. The molecule has 1 aliphatic carbocycles. The van der Waals surface area contributed by atoms with Crippen molar-refractivity contribution in [3.63, 3.8) is 0 Å². The summed E-state index contributed by atoms with van der Waals surface area (Å²) in [5.74, 6) is 0.0600. The summed E-state index contributed by atoms with van der Waals surface area (Å²) in [5, 5.41) is 14.6. The van der Waals surface area contributed by atoms with Gasteiger partial charge in [0.2, 0.25) is 0 Å². The Bertz CT molecular complexity index is 1070. The number of halogens is 3. The minimum atomic E-state index is -4.44. The number of benzene rings is 1. The fraction of sp³-hybridized carbons (Fsp3) is 0.600. The van der Waals surface area contributed by atoms with E-state index < -0.39 is 11.7 Å². The molecule has 0 bridgehead atoms. The molecule has 2 aliphatic heterocycles. The molecule has 0 spiro atoms. The Balaban J connectivity index is 1.39. The van der Waals surface area contributed by atoms with Gasteiger partial charge >= 0.3 is 6.18 Å². The van der Waals surface area contributed by atoms with Gasteiger partial charge in [-0.15, -0.1) is 0 Å². The largest absolute Gasteiger partial charge is 0.416 e. The molecule has 3 heterocycles. The van der Waals surface area contributed by atoms with Crippen LogP contribution in [-0.2, 0) is 6.18 Å². The van der Waals surface area contributed by atoms with E-state index in [4.69, 9.17) is 0 Å². The topological polar surface area (TPSA) is 61.6 Å². The van der Waals surface area contributed by atoms with Crippen molar-refractivity contribution in [2.75, 3.05) is 19.6 Å². The number of alkyl halides is 3. The summed E-state index contributed by atoms with van der Waals surface area (Å²) in [6, 6.07) is 5.64. The molecule has 0 unspecified atom stereocenters. The molecule has 1 amide bonds. The van der Waals surface area contributed by atoms with Crippen molar-refractivity contribution in [3.8, 4) is 5.69 Å². The van der Waals surface area contributed by atoms with Crippen molar-refractivity contribution in [3.05, 3.63) is 46.8 Å². The maximum atomic E-state index is 13.6. The highest BCUT2D eigenvalue weighted by Gasteiger charge is 2.39. The molecule has 2 atom stereocenters. The van der Waals surface area contributed by atoms with Gasteiger partial charge in [-0.05, 0) is 64.2 Å². The van der Waals surface area contributed by atoms with E-state index in [1.54, 1.807) is 17.7 Å². The number of piperidine rings is 1. The Kier molecular flexibility index (Phi) is 5.96. The second-order valence-corrected chi connectivity index (χ2v) is 9.94. The monoisotopic (exact) mass is 476 g/mol. The van der Waals surface area contributed by atoms with Gasteiger partial charge in [0.1, 0.15) is 0 Å². The Labute approximate surface area is 197 Å². The lowest BCUT2D eigenvalue weighted by Crippen LogP contribution is -2.48. The van der Waals surface area contributed by atoms with E-state index in [1.807, 2.05) is 4.90 Å². The number of aryl methyl sites for hydroxylation is 1. The second kappa shape index (κ2) is 8.68. The first-order chi connectivity index (χ1) is 16.1. The molecule has 3 aliphatic rings. The molecule has 1 aromatic heterocycles. The second-order valence-electron chi connectivity index (χ2n) is 9.94. The van der Waals surface area contributed by atoms with Crippen molar-refractivity contribution in [1.29, 1.82) is 0 Å². The lowest BCUT2D eigenvalue weighted by Gasteiger charge is -2.39. The van der Waals surface area contributed by atoms with Crippen LogP contribution in [0.25, 0.3) is 5.69 Å². The number of carbonyl (C=O) groups is 1. The van der Waals surface area contributed by atoms with Crippen molar-refractivity contribution in [2.45, 2.75) is 76.2 Å². The van der Waals surface area contributed by atoms with Crippen LogP contribution in [0.4, 0.5) is 13.2 Å². The van der Waals surface area contributed by atoms with Gasteiger partial charge in [-0.25, -0.2) is 4.68 Å². The zero-order valence-corrected chi connectivity index (χ0v) is 19.6. The molecular formula is C25H31F3N4O2. The Hall–Kier alpha value is -2.39. The first-order valence-electron chi connectivity index (χ1n) is 12.2. The molecule has 1 saturated carbocycles. The van der Waals surface area contributed by atoms with Crippen LogP contribution in [0, 0.1) is 6.92 Å². The van der Waals surface area contributed by atoms with E-state index in [1.165, 1.54) is 6.07 Å². The summed E-state index contributed by atoms with van der Waals surface area (Å²) in [5.41, 5.74) is 1.45. The van der Waals surface area contributed by atoms with E-state index in [2.05, 4.69) is 16.9 Å². The standard InChI is InChI=1S/C25H31F3N4O2/c1-15-22(24(34)30-11-8-19(9-12-30)31-13-10-21(33)16(31)2)23(17-6-7-17)32(29-15)20-5-3-4-18(14-20)25(26,27)28/h3-5,14,16-17,19,21,33H,6-13H2,1-2H3/t16-,21+/m1/s1. The van der Waals surface area contributed by atoms with Crippen LogP contribution >= 0.6 is 0 Å². The van der Waals surface area contributed by atoms with Crippen molar-refractivity contribution >= 4 is 5.91 Å². The molecule has 2 aromatic rings.